The number of alkyl halides is 1. The molecule has 0 aliphatic heterocycles. The summed E-state index contributed by atoms with van der Waals surface area (Å²) in [7, 11) is 1.25. The Labute approximate surface area is 124 Å². The highest BCUT2D eigenvalue weighted by molar-refractivity contribution is 7.17. The second-order valence-electron chi connectivity index (χ2n) is 4.61. The Balaban J connectivity index is 2.37. The van der Waals surface area contributed by atoms with E-state index < -0.39 is 18.0 Å². The summed E-state index contributed by atoms with van der Waals surface area (Å²) < 4.78 is 20.2. The van der Waals surface area contributed by atoms with Gasteiger partial charge in [-0.1, -0.05) is 0 Å². The molecule has 7 nitrogen and oxygen atoms in total. The third-order valence-electron chi connectivity index (χ3n) is 3.37. The minimum absolute atomic E-state index is 0.107. The van der Waals surface area contributed by atoms with Crippen LogP contribution < -0.4 is 11.5 Å². The van der Waals surface area contributed by atoms with Crippen molar-refractivity contribution in [3.63, 3.8) is 0 Å². The summed E-state index contributed by atoms with van der Waals surface area (Å²) in [6.07, 6.45) is -2.37. The van der Waals surface area contributed by atoms with Gasteiger partial charge in [0.2, 0.25) is 0 Å². The van der Waals surface area contributed by atoms with Gasteiger partial charge in [-0.25, -0.2) is 14.4 Å². The van der Waals surface area contributed by atoms with Crippen LogP contribution >= 0.6 is 11.3 Å². The largest absolute Gasteiger partial charge is 0.396 e. The standard InChI is InChI=1S/C12H17FN4O3S/c1-20-12(15,2-3-18)10(19)7(13)6-4-21-9-8(6)16-5-17-11(9)14/h4-5,7,10,18-19H,2-3,15H2,1H3,(H2,14,16,17)/t7-,10-,12+/m0/s1. The molecule has 21 heavy (non-hydrogen) atoms. The lowest BCUT2D eigenvalue weighted by molar-refractivity contribution is -0.135. The second-order valence-corrected chi connectivity index (χ2v) is 5.49. The predicted molar refractivity (Wildman–Crippen MR) is 77.3 cm³/mol. The SMILES string of the molecule is CO[C@](N)(CCO)[C@@H](O)[C@@H](F)c1csc2c(N)ncnc12. The van der Waals surface area contributed by atoms with E-state index >= 15 is 0 Å². The number of rotatable bonds is 6. The van der Waals surface area contributed by atoms with Crippen LogP contribution in [0.1, 0.15) is 18.2 Å². The number of fused-ring (bicyclic) bond motifs is 1. The first-order valence-electron chi connectivity index (χ1n) is 6.19. The smallest absolute Gasteiger partial charge is 0.158 e. The maximum Gasteiger partial charge on any atom is 0.158 e. The fourth-order valence-electron chi connectivity index (χ4n) is 2.05. The van der Waals surface area contributed by atoms with Crippen molar-refractivity contribution in [2.45, 2.75) is 24.4 Å². The lowest BCUT2D eigenvalue weighted by Crippen LogP contribution is -2.54. The van der Waals surface area contributed by atoms with Crippen LogP contribution in [-0.2, 0) is 4.74 Å². The summed E-state index contributed by atoms with van der Waals surface area (Å²) in [5.41, 5.74) is 10.3. The average Bonchev–Trinajstić information content (AvgIpc) is 2.91. The van der Waals surface area contributed by atoms with Gasteiger partial charge in [0, 0.05) is 25.7 Å². The van der Waals surface area contributed by atoms with Crippen LogP contribution in [0.15, 0.2) is 11.7 Å². The molecule has 0 aliphatic rings. The van der Waals surface area contributed by atoms with Gasteiger partial charge in [0.05, 0.1) is 10.2 Å². The Morgan fingerprint density at radius 3 is 2.86 bits per heavy atom. The van der Waals surface area contributed by atoms with Crippen molar-refractivity contribution < 1.29 is 19.3 Å². The topological polar surface area (TPSA) is 128 Å². The molecule has 2 rings (SSSR count). The summed E-state index contributed by atoms with van der Waals surface area (Å²) >= 11 is 1.19. The molecular weight excluding hydrogens is 299 g/mol. The van der Waals surface area contributed by atoms with Crippen molar-refractivity contribution in [2.75, 3.05) is 19.5 Å². The highest BCUT2D eigenvalue weighted by Gasteiger charge is 2.41. The Hall–Kier alpha value is -1.39. The maximum absolute atomic E-state index is 14.6. The molecule has 6 N–H and O–H groups in total. The van der Waals surface area contributed by atoms with Crippen molar-refractivity contribution in [1.82, 2.24) is 9.97 Å². The van der Waals surface area contributed by atoms with Gasteiger partial charge in [-0.3, -0.25) is 0 Å². The Bertz CT molecular complexity index is 626. The highest BCUT2D eigenvalue weighted by Crippen LogP contribution is 2.37. The fourth-order valence-corrected chi connectivity index (χ4v) is 2.99. The molecule has 2 aromatic rings. The molecule has 0 fully saturated rings. The van der Waals surface area contributed by atoms with E-state index in [1.807, 2.05) is 0 Å². The van der Waals surface area contributed by atoms with Crippen molar-refractivity contribution >= 4 is 27.4 Å². The molecule has 0 spiro atoms. The number of aliphatic hydroxyl groups excluding tert-OH is 2. The summed E-state index contributed by atoms with van der Waals surface area (Å²) in [6.45, 7) is -0.340. The first kappa shape index (κ1) is 16.0. The Morgan fingerprint density at radius 2 is 2.24 bits per heavy atom. The number of ether oxygens (including phenoxy) is 1. The van der Waals surface area contributed by atoms with Crippen LogP contribution in [0.2, 0.25) is 0 Å². The summed E-state index contributed by atoms with van der Waals surface area (Å²) in [5.74, 6) is 0.249. The van der Waals surface area contributed by atoms with Gasteiger partial charge in [0.25, 0.3) is 0 Å². The number of aliphatic hydroxyl groups is 2. The van der Waals surface area contributed by atoms with Crippen LogP contribution in [0.25, 0.3) is 10.2 Å². The molecular formula is C12H17FN4O3S. The number of methoxy groups -OCH3 is 1. The van der Waals surface area contributed by atoms with Gasteiger partial charge in [-0.2, -0.15) is 0 Å². The number of nitrogen functional groups attached to an aromatic ring is 1. The van der Waals surface area contributed by atoms with E-state index in [1.165, 1.54) is 30.2 Å². The van der Waals surface area contributed by atoms with E-state index in [-0.39, 0.29) is 24.4 Å². The molecule has 0 aromatic carbocycles. The molecule has 0 amide bonds. The lowest BCUT2D eigenvalue weighted by atomic mass is 9.96. The van der Waals surface area contributed by atoms with Crippen LogP contribution in [-0.4, -0.2) is 45.7 Å². The van der Waals surface area contributed by atoms with Crippen molar-refractivity contribution in [3.8, 4) is 0 Å². The molecule has 0 radical (unpaired) electrons. The van der Waals surface area contributed by atoms with E-state index in [1.54, 1.807) is 0 Å². The quantitative estimate of drug-likeness (QED) is 0.565. The van der Waals surface area contributed by atoms with Gasteiger partial charge < -0.3 is 26.4 Å². The third-order valence-corrected chi connectivity index (χ3v) is 4.38. The monoisotopic (exact) mass is 316 g/mol. The summed E-state index contributed by atoms with van der Waals surface area (Å²) in [6, 6.07) is 0. The molecule has 0 saturated carbocycles. The average molecular weight is 316 g/mol. The normalized spacial score (nSPS) is 17.6. The number of nitrogens with two attached hydrogens (primary N) is 2. The van der Waals surface area contributed by atoms with Gasteiger partial charge in [0.1, 0.15) is 24.0 Å². The molecule has 9 heteroatoms. The second kappa shape index (κ2) is 6.16. The molecule has 2 aromatic heterocycles. The Morgan fingerprint density at radius 1 is 1.52 bits per heavy atom. The van der Waals surface area contributed by atoms with Crippen molar-refractivity contribution in [3.05, 3.63) is 17.3 Å². The predicted octanol–water partition coefficient (Wildman–Crippen LogP) is 0.329. The number of thiophene rings is 1. The van der Waals surface area contributed by atoms with Crippen molar-refractivity contribution in [1.29, 1.82) is 0 Å². The third kappa shape index (κ3) is 2.83. The number of hydrogen-bond donors (Lipinski definition) is 4. The van der Waals surface area contributed by atoms with Gasteiger partial charge in [0.15, 0.2) is 6.17 Å². The number of anilines is 1. The van der Waals surface area contributed by atoms with Gasteiger partial charge in [-0.05, 0) is 5.38 Å². The van der Waals surface area contributed by atoms with E-state index in [9.17, 15) is 9.50 Å². The molecule has 0 unspecified atom stereocenters. The summed E-state index contributed by atoms with van der Waals surface area (Å²) in [4.78, 5) is 7.83. The zero-order valence-electron chi connectivity index (χ0n) is 11.4. The van der Waals surface area contributed by atoms with Crippen LogP contribution in [0.4, 0.5) is 10.2 Å². The lowest BCUT2D eigenvalue weighted by Gasteiger charge is -2.34. The molecule has 0 saturated heterocycles. The molecule has 0 aliphatic carbocycles. The van der Waals surface area contributed by atoms with E-state index in [4.69, 9.17) is 21.3 Å². The number of halogens is 1. The van der Waals surface area contributed by atoms with Crippen molar-refractivity contribution in [2.24, 2.45) is 5.73 Å². The number of aromatic nitrogens is 2. The minimum atomic E-state index is -1.83. The molecule has 3 atom stereocenters. The molecule has 116 valence electrons. The van der Waals surface area contributed by atoms with E-state index in [0.29, 0.717) is 10.2 Å². The Kier molecular flexibility index (Phi) is 4.69. The minimum Gasteiger partial charge on any atom is -0.396 e. The van der Waals surface area contributed by atoms with E-state index in [0.717, 1.165) is 0 Å². The number of hydrogen-bond acceptors (Lipinski definition) is 8. The zero-order valence-corrected chi connectivity index (χ0v) is 12.2. The van der Waals surface area contributed by atoms with Crippen LogP contribution in [0, 0.1) is 0 Å². The first-order valence-corrected chi connectivity index (χ1v) is 7.07. The van der Waals surface area contributed by atoms with E-state index in [2.05, 4.69) is 9.97 Å². The number of nitrogens with zero attached hydrogens (tertiary/aromatic N) is 2. The highest BCUT2D eigenvalue weighted by atomic mass is 32.1. The maximum atomic E-state index is 14.6. The molecule has 0 bridgehead atoms. The van der Waals surface area contributed by atoms with Gasteiger partial charge >= 0.3 is 0 Å². The first-order chi connectivity index (χ1) is 9.94. The summed E-state index contributed by atoms with van der Waals surface area (Å²) in [5, 5.41) is 20.6. The molecule has 2 heterocycles. The zero-order chi connectivity index (χ0) is 15.6. The van der Waals surface area contributed by atoms with Crippen LogP contribution in [0.3, 0.4) is 0 Å². The van der Waals surface area contributed by atoms with Crippen LogP contribution in [0.5, 0.6) is 0 Å². The fraction of sp³-hybridized carbons (Fsp3) is 0.500. The van der Waals surface area contributed by atoms with Gasteiger partial charge in [-0.15, -0.1) is 11.3 Å².